The molecule has 2 aromatic heterocycles. The fourth-order valence-electron chi connectivity index (χ4n) is 5.11. The van der Waals surface area contributed by atoms with E-state index < -0.39 is 0 Å². The molecule has 1 saturated heterocycles. The summed E-state index contributed by atoms with van der Waals surface area (Å²) < 4.78 is 16.8. The van der Waals surface area contributed by atoms with Gasteiger partial charge < -0.3 is 28.7 Å². The van der Waals surface area contributed by atoms with Crippen molar-refractivity contribution in [1.29, 1.82) is 0 Å². The highest BCUT2D eigenvalue weighted by Gasteiger charge is 2.26. The van der Waals surface area contributed by atoms with E-state index in [4.69, 9.17) is 13.9 Å². The Kier molecular flexibility index (Phi) is 8.35. The summed E-state index contributed by atoms with van der Waals surface area (Å²) in [6.45, 7) is 5.30. The molecule has 0 unspecified atom stereocenters. The molecule has 2 aromatic carbocycles. The minimum atomic E-state index is -0.180. The van der Waals surface area contributed by atoms with Crippen LogP contribution in [0.15, 0.2) is 59.3 Å². The first-order valence-electron chi connectivity index (χ1n) is 13.4. The number of oxazole rings is 1. The van der Waals surface area contributed by atoms with Gasteiger partial charge in [0, 0.05) is 74.9 Å². The van der Waals surface area contributed by atoms with Crippen LogP contribution in [-0.4, -0.2) is 83.4 Å². The van der Waals surface area contributed by atoms with Gasteiger partial charge in [0.25, 0.3) is 5.91 Å². The molecule has 1 aliphatic rings. The molecule has 10 heteroatoms. The SMILES string of the molecule is COc1ccc(CN(CCc2c[nH]c3ccccc23)Cc2nc(C(=O)N3CCN(C(C)=O)CC3)co2)c(OC)c1. The van der Waals surface area contributed by atoms with Gasteiger partial charge in [0.05, 0.1) is 20.8 Å². The van der Waals surface area contributed by atoms with Gasteiger partial charge in [-0.2, -0.15) is 0 Å². The Hall–Kier alpha value is -4.31. The summed E-state index contributed by atoms with van der Waals surface area (Å²) in [4.78, 5) is 38.3. The summed E-state index contributed by atoms with van der Waals surface area (Å²) in [5.74, 6) is 1.78. The van der Waals surface area contributed by atoms with Crippen molar-refractivity contribution in [2.45, 2.75) is 26.4 Å². The Morgan fingerprint density at radius 3 is 2.52 bits per heavy atom. The number of nitrogens with one attached hydrogen (secondary N) is 1. The van der Waals surface area contributed by atoms with E-state index in [1.54, 1.807) is 30.9 Å². The molecule has 0 atom stereocenters. The fourth-order valence-corrected chi connectivity index (χ4v) is 5.11. The second-order valence-corrected chi connectivity index (χ2v) is 9.92. The lowest BCUT2D eigenvalue weighted by Gasteiger charge is -2.33. The third-order valence-electron chi connectivity index (χ3n) is 7.40. The molecule has 5 rings (SSSR count). The Morgan fingerprint density at radius 1 is 1.00 bits per heavy atom. The maximum absolute atomic E-state index is 13.1. The number of piperazine rings is 1. The van der Waals surface area contributed by atoms with E-state index in [-0.39, 0.29) is 17.5 Å². The van der Waals surface area contributed by atoms with Gasteiger partial charge in [-0.25, -0.2) is 4.98 Å². The lowest BCUT2D eigenvalue weighted by Crippen LogP contribution is -2.50. The van der Waals surface area contributed by atoms with Crippen LogP contribution in [0.5, 0.6) is 11.5 Å². The summed E-state index contributed by atoms with van der Waals surface area (Å²) >= 11 is 0. The number of fused-ring (bicyclic) bond motifs is 1. The summed E-state index contributed by atoms with van der Waals surface area (Å²) in [5.41, 5.74) is 3.63. The molecule has 1 N–H and O–H groups in total. The van der Waals surface area contributed by atoms with Gasteiger partial charge in [0.2, 0.25) is 11.8 Å². The molecule has 4 aromatic rings. The first-order valence-corrected chi connectivity index (χ1v) is 13.4. The van der Waals surface area contributed by atoms with Crippen LogP contribution in [0.3, 0.4) is 0 Å². The normalized spacial score (nSPS) is 13.7. The minimum Gasteiger partial charge on any atom is -0.497 e. The first-order chi connectivity index (χ1) is 19.4. The highest BCUT2D eigenvalue weighted by atomic mass is 16.5. The number of amides is 2. The van der Waals surface area contributed by atoms with Crippen molar-refractivity contribution in [2.75, 3.05) is 46.9 Å². The third kappa shape index (κ3) is 6.12. The number of rotatable bonds is 10. The Balaban J connectivity index is 1.31. The second-order valence-electron chi connectivity index (χ2n) is 9.92. The lowest BCUT2D eigenvalue weighted by molar-refractivity contribution is -0.130. The first kappa shape index (κ1) is 27.3. The molecular weight excluding hydrogens is 510 g/mol. The largest absolute Gasteiger partial charge is 0.497 e. The zero-order chi connectivity index (χ0) is 28.1. The minimum absolute atomic E-state index is 0.0250. The van der Waals surface area contributed by atoms with E-state index in [1.807, 2.05) is 30.3 Å². The van der Waals surface area contributed by atoms with Crippen LogP contribution in [0.1, 0.15) is 34.4 Å². The van der Waals surface area contributed by atoms with Crippen LogP contribution >= 0.6 is 0 Å². The van der Waals surface area contributed by atoms with Crippen molar-refractivity contribution in [2.24, 2.45) is 0 Å². The fraction of sp³-hybridized carbons (Fsp3) is 0.367. The highest BCUT2D eigenvalue weighted by Crippen LogP contribution is 2.27. The number of carbonyl (C=O) groups is 2. The number of H-pyrrole nitrogens is 1. The van der Waals surface area contributed by atoms with E-state index in [0.717, 1.165) is 35.5 Å². The number of carbonyl (C=O) groups excluding carboxylic acids is 2. The van der Waals surface area contributed by atoms with E-state index in [1.165, 1.54) is 17.2 Å². The monoisotopic (exact) mass is 545 g/mol. The number of aromatic amines is 1. The van der Waals surface area contributed by atoms with Crippen molar-refractivity contribution in [3.05, 3.63) is 77.6 Å². The smallest absolute Gasteiger partial charge is 0.275 e. The zero-order valence-corrected chi connectivity index (χ0v) is 23.2. The summed E-state index contributed by atoms with van der Waals surface area (Å²) in [7, 11) is 3.28. The van der Waals surface area contributed by atoms with E-state index >= 15 is 0 Å². The standard InChI is InChI=1S/C30H35N5O5/c1-21(36)34-12-14-35(15-13-34)30(37)27-20-40-29(32-27)19-33(18-23-8-9-24(38-2)16-28(23)39-3)11-10-22-17-31-26-7-5-4-6-25(22)26/h4-9,16-17,20,31H,10-15,18-19H2,1-3H3. The van der Waals surface area contributed by atoms with Crippen LogP contribution in [0, 0.1) is 0 Å². The predicted octanol–water partition coefficient (Wildman–Crippen LogP) is 3.72. The van der Waals surface area contributed by atoms with Gasteiger partial charge in [-0.15, -0.1) is 0 Å². The molecule has 1 fully saturated rings. The number of hydrogen-bond acceptors (Lipinski definition) is 7. The van der Waals surface area contributed by atoms with Gasteiger partial charge >= 0.3 is 0 Å². The predicted molar refractivity (Wildman–Crippen MR) is 150 cm³/mol. The molecule has 0 radical (unpaired) electrons. The number of nitrogens with zero attached hydrogens (tertiary/aromatic N) is 4. The van der Waals surface area contributed by atoms with Gasteiger partial charge in [-0.3, -0.25) is 14.5 Å². The number of benzene rings is 2. The van der Waals surface area contributed by atoms with Gasteiger partial charge in [-0.05, 0) is 24.1 Å². The molecule has 0 bridgehead atoms. The molecular formula is C30H35N5O5. The van der Waals surface area contributed by atoms with E-state index in [2.05, 4.69) is 33.2 Å². The average Bonchev–Trinajstić information content (AvgIpc) is 3.63. The summed E-state index contributed by atoms with van der Waals surface area (Å²) in [6.07, 6.45) is 4.31. The number of methoxy groups -OCH3 is 2. The quantitative estimate of drug-likeness (QED) is 0.324. The van der Waals surface area contributed by atoms with E-state index in [0.29, 0.717) is 45.2 Å². The van der Waals surface area contributed by atoms with Crippen molar-refractivity contribution >= 4 is 22.7 Å². The number of aromatic nitrogens is 2. The Morgan fingerprint density at radius 2 is 1.77 bits per heavy atom. The number of ether oxygens (including phenoxy) is 2. The molecule has 0 saturated carbocycles. The summed E-state index contributed by atoms with van der Waals surface area (Å²) in [5, 5.41) is 1.21. The van der Waals surface area contributed by atoms with Crippen molar-refractivity contribution < 1.29 is 23.5 Å². The van der Waals surface area contributed by atoms with Crippen LogP contribution in [0.4, 0.5) is 0 Å². The molecule has 210 valence electrons. The van der Waals surface area contributed by atoms with Crippen molar-refractivity contribution in [3.63, 3.8) is 0 Å². The molecule has 10 nitrogen and oxygen atoms in total. The summed E-state index contributed by atoms with van der Waals surface area (Å²) in [6, 6.07) is 14.1. The zero-order valence-electron chi connectivity index (χ0n) is 23.2. The second kappa shape index (κ2) is 12.3. The third-order valence-corrected chi connectivity index (χ3v) is 7.40. The molecule has 0 spiro atoms. The van der Waals surface area contributed by atoms with Crippen LogP contribution < -0.4 is 9.47 Å². The number of hydrogen-bond donors (Lipinski definition) is 1. The Labute approximate surface area is 233 Å². The molecule has 40 heavy (non-hydrogen) atoms. The highest BCUT2D eigenvalue weighted by molar-refractivity contribution is 5.92. The van der Waals surface area contributed by atoms with Gasteiger partial charge in [0.1, 0.15) is 17.8 Å². The molecule has 2 amide bonds. The van der Waals surface area contributed by atoms with Crippen molar-refractivity contribution in [3.8, 4) is 11.5 Å². The van der Waals surface area contributed by atoms with E-state index in [9.17, 15) is 9.59 Å². The molecule has 1 aliphatic heterocycles. The van der Waals surface area contributed by atoms with Crippen molar-refractivity contribution in [1.82, 2.24) is 24.7 Å². The van der Waals surface area contributed by atoms with Crippen LogP contribution in [0.2, 0.25) is 0 Å². The topological polar surface area (TPSA) is 104 Å². The maximum Gasteiger partial charge on any atom is 0.275 e. The van der Waals surface area contributed by atoms with Gasteiger partial charge in [0.15, 0.2) is 5.69 Å². The van der Waals surface area contributed by atoms with Crippen LogP contribution in [0.25, 0.3) is 10.9 Å². The lowest BCUT2D eigenvalue weighted by atomic mass is 10.1. The maximum atomic E-state index is 13.1. The van der Waals surface area contributed by atoms with Gasteiger partial charge in [-0.1, -0.05) is 24.3 Å². The average molecular weight is 546 g/mol. The van der Waals surface area contributed by atoms with Crippen LogP contribution in [-0.2, 0) is 24.3 Å². The molecule has 3 heterocycles. The number of para-hydroxylation sites is 1. The molecule has 0 aliphatic carbocycles. The Bertz CT molecular complexity index is 1470.